The summed E-state index contributed by atoms with van der Waals surface area (Å²) in [6, 6.07) is 1.71. The maximum Gasteiger partial charge on any atom is 0.230 e. The van der Waals surface area contributed by atoms with Crippen LogP contribution in [0.1, 0.15) is 67.3 Å². The Balaban J connectivity index is 1.64. The number of anilines is 2. The molecule has 1 amide bonds. The number of fused-ring (bicyclic) bond motifs is 3. The zero-order valence-corrected chi connectivity index (χ0v) is 24.3. The van der Waals surface area contributed by atoms with Crippen molar-refractivity contribution in [3.63, 3.8) is 0 Å². The molecule has 0 aromatic heterocycles. The molecule has 230 valence electrons. The summed E-state index contributed by atoms with van der Waals surface area (Å²) >= 11 is 0. The third kappa shape index (κ3) is 5.52. The maximum absolute atomic E-state index is 14.0. The molecule has 0 saturated heterocycles. The van der Waals surface area contributed by atoms with Crippen LogP contribution in [-0.2, 0) is 16.0 Å². The lowest BCUT2D eigenvalue weighted by molar-refractivity contribution is -0.167. The normalized spacial score (nSPS) is 27.5. The molecule has 1 fully saturated rings. The van der Waals surface area contributed by atoms with Crippen molar-refractivity contribution in [3.8, 4) is 5.75 Å². The van der Waals surface area contributed by atoms with E-state index in [-0.39, 0.29) is 48.4 Å². The summed E-state index contributed by atoms with van der Waals surface area (Å²) in [4.78, 5) is 40.9. The predicted molar refractivity (Wildman–Crippen MR) is 157 cm³/mol. The van der Waals surface area contributed by atoms with E-state index in [9.17, 15) is 39.9 Å². The molecule has 11 nitrogen and oxygen atoms in total. The Morgan fingerprint density at radius 2 is 1.90 bits per heavy atom. The highest BCUT2D eigenvalue weighted by molar-refractivity contribution is 6.17. The Labute approximate surface area is 245 Å². The monoisotopic (exact) mass is 585 g/mol. The Kier molecular flexibility index (Phi) is 9.34. The second-order valence-corrected chi connectivity index (χ2v) is 12.1. The molecule has 8 N–H and O–H groups in total. The molecular formula is C31H43N3O8. The Bertz CT molecular complexity index is 1290. The Hall–Kier alpha value is -3.41. The smallest absolute Gasteiger partial charge is 0.230 e. The van der Waals surface area contributed by atoms with Gasteiger partial charge in [0.25, 0.3) is 0 Å². The standard InChI is InChI=1S/C31H43N3O8/c1-4-5-6-7-8-9-10-18(35)15-33-20-14-21(34(2)3)19-12-16-11-17-13-22(36)25(30(32)41)29(40)31(17,42)28(39)23(16)27(38)24(19)26(20)37/h4,14,16-18,22,25,33,35-37,39,42H,1,5-13,15H2,2-3H3,(H2,32,41)/t16-,17+,18?,22?,25?,31+/m1/s1. The minimum Gasteiger partial charge on any atom is -0.508 e. The minimum absolute atomic E-state index is 0.0602. The maximum atomic E-state index is 14.0. The predicted octanol–water partition coefficient (Wildman–Crippen LogP) is 2.11. The van der Waals surface area contributed by atoms with Crippen LogP contribution in [0.25, 0.3) is 0 Å². The van der Waals surface area contributed by atoms with Crippen LogP contribution in [0, 0.1) is 17.8 Å². The molecule has 3 aliphatic rings. The van der Waals surface area contributed by atoms with Gasteiger partial charge in [0.2, 0.25) is 5.91 Å². The molecule has 0 bridgehead atoms. The molecule has 0 aliphatic heterocycles. The lowest BCUT2D eigenvalue weighted by Gasteiger charge is -2.48. The van der Waals surface area contributed by atoms with Crippen molar-refractivity contribution in [1.82, 2.24) is 0 Å². The van der Waals surface area contributed by atoms with Crippen molar-refractivity contribution < 1.29 is 39.9 Å². The van der Waals surface area contributed by atoms with Gasteiger partial charge >= 0.3 is 0 Å². The molecule has 1 saturated carbocycles. The van der Waals surface area contributed by atoms with Gasteiger partial charge < -0.3 is 41.5 Å². The number of benzene rings is 1. The van der Waals surface area contributed by atoms with Gasteiger partial charge in [0.05, 0.1) is 23.5 Å². The molecular weight excluding hydrogens is 542 g/mol. The summed E-state index contributed by atoms with van der Waals surface area (Å²) < 4.78 is 0. The molecule has 0 spiro atoms. The summed E-state index contributed by atoms with van der Waals surface area (Å²) in [6.45, 7) is 3.86. The first kappa shape index (κ1) is 31.5. The molecule has 0 radical (unpaired) electrons. The number of primary amides is 1. The van der Waals surface area contributed by atoms with E-state index in [2.05, 4.69) is 11.9 Å². The zero-order valence-electron chi connectivity index (χ0n) is 24.3. The van der Waals surface area contributed by atoms with Crippen LogP contribution in [0.5, 0.6) is 5.75 Å². The fourth-order valence-electron chi connectivity index (χ4n) is 6.86. The van der Waals surface area contributed by atoms with Gasteiger partial charge in [-0.3, -0.25) is 14.4 Å². The van der Waals surface area contributed by atoms with E-state index in [4.69, 9.17) is 5.73 Å². The SMILES string of the molecule is C=CCCCCCCC(O)CNc1cc(N(C)C)c2c(c1O)C(=O)C1=C(O)[C@]3(O)C(=O)C(C(N)=O)C(O)C[C@@H]3C[C@@H]1C2. The summed E-state index contributed by atoms with van der Waals surface area (Å²) in [5.74, 6) is -7.45. The van der Waals surface area contributed by atoms with Gasteiger partial charge in [0, 0.05) is 37.8 Å². The Morgan fingerprint density at radius 1 is 1.21 bits per heavy atom. The van der Waals surface area contributed by atoms with Crippen molar-refractivity contribution in [1.29, 1.82) is 0 Å². The number of ketones is 2. The van der Waals surface area contributed by atoms with Gasteiger partial charge in [-0.25, -0.2) is 0 Å². The quantitative estimate of drug-likeness (QED) is 0.0827. The van der Waals surface area contributed by atoms with E-state index in [1.807, 2.05) is 6.08 Å². The van der Waals surface area contributed by atoms with Crippen molar-refractivity contribution >= 4 is 28.8 Å². The van der Waals surface area contributed by atoms with Crippen molar-refractivity contribution in [3.05, 3.63) is 41.2 Å². The summed E-state index contributed by atoms with van der Waals surface area (Å²) in [5, 5.41) is 58.1. The Morgan fingerprint density at radius 3 is 2.55 bits per heavy atom. The number of allylic oxidation sites excluding steroid dienone is 2. The van der Waals surface area contributed by atoms with Crippen molar-refractivity contribution in [2.45, 2.75) is 75.6 Å². The topological polar surface area (TPSA) is 194 Å². The molecule has 1 aromatic carbocycles. The third-order valence-corrected chi connectivity index (χ3v) is 9.07. The third-order valence-electron chi connectivity index (χ3n) is 9.07. The number of aliphatic hydroxyl groups is 4. The van der Waals surface area contributed by atoms with Crippen LogP contribution in [0.2, 0.25) is 0 Å². The number of Topliss-reactive ketones (excluding diaryl/α,β-unsaturated/α-hetero) is 2. The van der Waals surface area contributed by atoms with E-state index in [1.165, 1.54) is 0 Å². The molecule has 11 heteroatoms. The van der Waals surface area contributed by atoms with E-state index >= 15 is 0 Å². The van der Waals surface area contributed by atoms with E-state index < -0.39 is 58.8 Å². The minimum atomic E-state index is -2.55. The average molecular weight is 586 g/mol. The number of rotatable bonds is 12. The summed E-state index contributed by atoms with van der Waals surface area (Å²) in [7, 11) is 3.59. The van der Waals surface area contributed by atoms with Crippen LogP contribution >= 0.6 is 0 Å². The fraction of sp³-hybridized carbons (Fsp3) is 0.581. The number of hydrogen-bond donors (Lipinski definition) is 7. The number of aliphatic hydroxyl groups excluding tert-OH is 3. The average Bonchev–Trinajstić information content (AvgIpc) is 2.91. The number of hydrogen-bond acceptors (Lipinski definition) is 10. The molecule has 6 atom stereocenters. The van der Waals surface area contributed by atoms with E-state index in [0.717, 1.165) is 32.1 Å². The van der Waals surface area contributed by atoms with Crippen LogP contribution in [0.4, 0.5) is 11.4 Å². The summed E-state index contributed by atoms with van der Waals surface area (Å²) in [5.41, 5.74) is 3.95. The largest absolute Gasteiger partial charge is 0.508 e. The number of nitrogens with zero attached hydrogens (tertiary/aromatic N) is 1. The van der Waals surface area contributed by atoms with Crippen LogP contribution in [0.15, 0.2) is 30.1 Å². The van der Waals surface area contributed by atoms with Gasteiger partial charge in [-0.05, 0) is 56.1 Å². The number of carbonyl (C=O) groups is 3. The first-order valence-corrected chi connectivity index (χ1v) is 14.7. The first-order valence-electron chi connectivity index (χ1n) is 14.7. The van der Waals surface area contributed by atoms with Crippen molar-refractivity contribution in [2.75, 3.05) is 30.9 Å². The molecule has 1 aromatic rings. The van der Waals surface area contributed by atoms with E-state index in [0.29, 0.717) is 17.7 Å². The van der Waals surface area contributed by atoms with Gasteiger partial charge in [-0.15, -0.1) is 6.58 Å². The number of phenolic OH excluding ortho intramolecular Hbond substituents is 1. The van der Waals surface area contributed by atoms with Crippen LogP contribution < -0.4 is 16.0 Å². The highest BCUT2D eigenvalue weighted by atomic mass is 16.3. The highest BCUT2D eigenvalue weighted by Gasteiger charge is 2.62. The van der Waals surface area contributed by atoms with Gasteiger partial charge in [0.15, 0.2) is 17.2 Å². The second kappa shape index (κ2) is 12.4. The fourth-order valence-corrected chi connectivity index (χ4v) is 6.86. The van der Waals surface area contributed by atoms with Crippen molar-refractivity contribution in [2.24, 2.45) is 23.5 Å². The number of carbonyl (C=O) groups excluding carboxylic acids is 3. The van der Waals surface area contributed by atoms with E-state index in [1.54, 1.807) is 25.1 Å². The number of aromatic hydroxyl groups is 1. The lowest BCUT2D eigenvalue weighted by atomic mass is 9.58. The zero-order chi connectivity index (χ0) is 30.9. The van der Waals surface area contributed by atoms with Gasteiger partial charge in [-0.1, -0.05) is 25.3 Å². The van der Waals surface area contributed by atoms with Gasteiger partial charge in [-0.2, -0.15) is 0 Å². The molecule has 42 heavy (non-hydrogen) atoms. The lowest BCUT2D eigenvalue weighted by Crippen LogP contribution is -2.63. The summed E-state index contributed by atoms with van der Waals surface area (Å²) in [6.07, 6.45) is 5.48. The second-order valence-electron chi connectivity index (χ2n) is 12.1. The first-order chi connectivity index (χ1) is 19.8. The highest BCUT2D eigenvalue weighted by Crippen LogP contribution is 2.53. The van der Waals surface area contributed by atoms with Crippen LogP contribution in [0.3, 0.4) is 0 Å². The van der Waals surface area contributed by atoms with Gasteiger partial charge in [0.1, 0.15) is 17.4 Å². The number of amides is 1. The number of unbranched alkanes of at least 4 members (excludes halogenated alkanes) is 4. The molecule has 3 aliphatic carbocycles. The number of nitrogens with two attached hydrogens (primary N) is 1. The molecule has 0 heterocycles. The molecule has 3 unspecified atom stereocenters. The molecule has 4 rings (SSSR count). The van der Waals surface area contributed by atoms with Crippen LogP contribution in [-0.4, -0.2) is 81.5 Å². The number of phenols is 1. The number of nitrogens with one attached hydrogen (secondary N) is 1.